The van der Waals surface area contributed by atoms with Gasteiger partial charge in [0.2, 0.25) is 11.2 Å². The molecule has 0 saturated carbocycles. The number of carboxylic acids is 1. The van der Waals surface area contributed by atoms with Crippen molar-refractivity contribution in [3.63, 3.8) is 0 Å². The van der Waals surface area contributed by atoms with E-state index in [1.54, 1.807) is 59.5 Å². The van der Waals surface area contributed by atoms with E-state index in [1.807, 2.05) is 12.1 Å². The summed E-state index contributed by atoms with van der Waals surface area (Å²) in [6.07, 6.45) is 1.25. The fourth-order valence-electron chi connectivity index (χ4n) is 6.82. The number of aliphatic hydroxyl groups is 2. The lowest BCUT2D eigenvalue weighted by molar-refractivity contribution is -0.155. The van der Waals surface area contributed by atoms with Gasteiger partial charge in [0.15, 0.2) is 6.61 Å². The summed E-state index contributed by atoms with van der Waals surface area (Å²) in [6, 6.07) is 27.6. The number of nitrogens with one attached hydrogen (secondary N) is 3. The number of phenols is 1. The fraction of sp³-hybridized carbons (Fsp3) is 0.286. The minimum atomic E-state index is -2.28. The first-order valence-electron chi connectivity index (χ1n) is 18.2. The molecule has 5 aromatic rings. The zero-order chi connectivity index (χ0) is 39.0. The van der Waals surface area contributed by atoms with E-state index in [2.05, 4.69) is 15.6 Å². The number of ether oxygens (including phenoxy) is 1. The molecule has 2 heterocycles. The average molecular weight is 749 g/mol. The summed E-state index contributed by atoms with van der Waals surface area (Å²) >= 11 is 0. The number of likely N-dealkylation sites (tertiary alicyclic amines) is 1. The van der Waals surface area contributed by atoms with Crippen LogP contribution in [0.15, 0.2) is 108 Å². The number of aliphatic hydroxyl groups excluding tert-OH is 1. The number of rotatable bonds is 15. The standard InChI is InChI=1S/C42H44N4O9/c47-35-15-13-33(34-14-16-37(49)45-39(34)35)36(48)25-43-20-17-27-9-11-29(12-10-27)40(51)44-24-28-18-21-46(22-19-28)38(50)26-55-32-8-4-7-31(23-32)42(54,41(52)53)30-5-2-1-3-6-30/h1-16,23,28,36,43,47-48,54H,17-22,24-26H2,(H,44,51)(H,45,49)(H,52,53). The van der Waals surface area contributed by atoms with E-state index < -0.39 is 17.7 Å². The molecule has 2 unspecified atom stereocenters. The van der Waals surface area contributed by atoms with Gasteiger partial charge in [0.25, 0.3) is 11.8 Å². The number of fused-ring (bicyclic) bond motifs is 1. The van der Waals surface area contributed by atoms with Crippen LogP contribution < -0.4 is 20.9 Å². The van der Waals surface area contributed by atoms with Gasteiger partial charge in [-0.15, -0.1) is 0 Å². The predicted octanol–water partition coefficient (Wildman–Crippen LogP) is 3.47. The highest BCUT2D eigenvalue weighted by Crippen LogP contribution is 2.32. The number of hydrogen-bond acceptors (Lipinski definition) is 9. The number of benzene rings is 4. The van der Waals surface area contributed by atoms with E-state index in [9.17, 15) is 39.6 Å². The smallest absolute Gasteiger partial charge is 0.345 e. The number of carboxylic acid groups (broad SMARTS) is 1. The molecule has 6 rings (SSSR count). The normalized spacial score (nSPS) is 14.9. The van der Waals surface area contributed by atoms with Crippen molar-refractivity contribution in [1.82, 2.24) is 20.5 Å². The zero-order valence-electron chi connectivity index (χ0n) is 30.1. The zero-order valence-corrected chi connectivity index (χ0v) is 30.1. The summed E-state index contributed by atoms with van der Waals surface area (Å²) < 4.78 is 5.73. The maximum atomic E-state index is 13.0. The Hall–Kier alpha value is -6.02. The minimum Gasteiger partial charge on any atom is -0.506 e. The number of amides is 2. The number of pyridine rings is 1. The van der Waals surface area contributed by atoms with Crippen LogP contribution in [-0.4, -0.2) is 87.4 Å². The fourth-order valence-corrected chi connectivity index (χ4v) is 6.82. The highest BCUT2D eigenvalue weighted by atomic mass is 16.5. The lowest BCUT2D eigenvalue weighted by Gasteiger charge is -2.32. The van der Waals surface area contributed by atoms with Gasteiger partial charge in [-0.1, -0.05) is 60.7 Å². The Balaban J connectivity index is 0.899. The van der Waals surface area contributed by atoms with Gasteiger partial charge in [0.1, 0.15) is 11.5 Å². The number of H-pyrrole nitrogens is 1. The average Bonchev–Trinajstić information content (AvgIpc) is 3.21. The van der Waals surface area contributed by atoms with Crippen LogP contribution in [-0.2, 0) is 21.6 Å². The van der Waals surface area contributed by atoms with Gasteiger partial charge in [-0.2, -0.15) is 0 Å². The Morgan fingerprint density at radius 3 is 2.36 bits per heavy atom. The third-order valence-corrected chi connectivity index (χ3v) is 10.0. The van der Waals surface area contributed by atoms with Crippen LogP contribution in [0.25, 0.3) is 10.9 Å². The van der Waals surface area contributed by atoms with Crippen molar-refractivity contribution in [1.29, 1.82) is 0 Å². The number of carbonyl (C=O) groups excluding carboxylic acids is 2. The topological polar surface area (TPSA) is 202 Å². The molecule has 55 heavy (non-hydrogen) atoms. The number of piperidine rings is 1. The van der Waals surface area contributed by atoms with E-state index in [0.29, 0.717) is 62.0 Å². The molecule has 1 fully saturated rings. The Labute approximate surface area is 317 Å². The largest absolute Gasteiger partial charge is 0.506 e. The maximum Gasteiger partial charge on any atom is 0.345 e. The number of nitrogens with zero attached hydrogens (tertiary/aromatic N) is 1. The molecule has 0 radical (unpaired) electrons. The second-order valence-electron chi connectivity index (χ2n) is 13.7. The quantitative estimate of drug-likeness (QED) is 0.0778. The molecule has 1 aromatic heterocycles. The van der Waals surface area contributed by atoms with Gasteiger partial charge in [-0.05, 0) is 84.8 Å². The van der Waals surface area contributed by atoms with E-state index in [1.165, 1.54) is 36.4 Å². The Bertz CT molecular complexity index is 2180. The number of aromatic hydroxyl groups is 1. The van der Waals surface area contributed by atoms with Crippen LogP contribution in [0, 0.1) is 5.92 Å². The number of phenolic OH excluding ortho intramolecular Hbond substituents is 1. The van der Waals surface area contributed by atoms with Crippen molar-refractivity contribution in [3.05, 3.63) is 141 Å². The highest BCUT2D eigenvalue weighted by molar-refractivity contribution is 5.94. The van der Waals surface area contributed by atoms with Crippen molar-refractivity contribution in [2.45, 2.75) is 31.0 Å². The van der Waals surface area contributed by atoms with Crippen LogP contribution >= 0.6 is 0 Å². The molecule has 0 spiro atoms. The second-order valence-corrected chi connectivity index (χ2v) is 13.7. The molecular weight excluding hydrogens is 704 g/mol. The molecule has 1 saturated heterocycles. The molecule has 1 aliphatic rings. The summed E-state index contributed by atoms with van der Waals surface area (Å²) in [6.45, 7) is 2.13. The van der Waals surface area contributed by atoms with Gasteiger partial charge in [-0.25, -0.2) is 4.79 Å². The summed E-state index contributed by atoms with van der Waals surface area (Å²) in [5, 5.41) is 48.7. The summed E-state index contributed by atoms with van der Waals surface area (Å²) in [5.74, 6) is -1.40. The molecule has 2 amide bonds. The SMILES string of the molecule is O=C(NCC1CCN(C(=O)COc2cccc(C(O)(C(=O)O)c3ccccc3)c2)CC1)c1ccc(CCNCC(O)c2ccc(O)c3[nH]c(=O)ccc23)cc1. The highest BCUT2D eigenvalue weighted by Gasteiger charge is 2.40. The predicted molar refractivity (Wildman–Crippen MR) is 205 cm³/mol. The van der Waals surface area contributed by atoms with E-state index in [0.717, 1.165) is 5.56 Å². The van der Waals surface area contributed by atoms with Crippen LogP contribution in [0.1, 0.15) is 51.6 Å². The van der Waals surface area contributed by atoms with Gasteiger partial charge in [0.05, 0.1) is 11.6 Å². The molecule has 1 aliphatic heterocycles. The number of aliphatic carboxylic acids is 1. The first-order valence-corrected chi connectivity index (χ1v) is 18.2. The van der Waals surface area contributed by atoms with Crippen molar-refractivity contribution in [2.75, 3.05) is 39.3 Å². The summed E-state index contributed by atoms with van der Waals surface area (Å²) in [4.78, 5) is 54.0. The van der Waals surface area contributed by atoms with Crippen molar-refractivity contribution < 1.29 is 39.5 Å². The monoisotopic (exact) mass is 748 g/mol. The van der Waals surface area contributed by atoms with E-state index in [4.69, 9.17) is 4.74 Å². The molecule has 4 aromatic carbocycles. The summed E-state index contributed by atoms with van der Waals surface area (Å²) in [7, 11) is 0. The number of aromatic nitrogens is 1. The van der Waals surface area contributed by atoms with Crippen LogP contribution in [0.5, 0.6) is 11.5 Å². The third kappa shape index (κ3) is 9.20. The lowest BCUT2D eigenvalue weighted by Crippen LogP contribution is -2.43. The van der Waals surface area contributed by atoms with E-state index in [-0.39, 0.29) is 64.6 Å². The number of carbonyl (C=O) groups is 3. The van der Waals surface area contributed by atoms with Crippen molar-refractivity contribution in [2.24, 2.45) is 5.92 Å². The summed E-state index contributed by atoms with van der Waals surface area (Å²) in [5.41, 5.74) is 0.139. The minimum absolute atomic E-state index is 0.0610. The number of aromatic amines is 1. The second kappa shape index (κ2) is 17.4. The molecule has 7 N–H and O–H groups in total. The Morgan fingerprint density at radius 1 is 0.909 bits per heavy atom. The van der Waals surface area contributed by atoms with Gasteiger partial charge >= 0.3 is 5.97 Å². The first kappa shape index (κ1) is 38.7. The molecule has 2 atom stereocenters. The third-order valence-electron chi connectivity index (χ3n) is 10.0. The molecule has 286 valence electrons. The maximum absolute atomic E-state index is 13.0. The van der Waals surface area contributed by atoms with Crippen molar-refractivity contribution >= 4 is 28.7 Å². The van der Waals surface area contributed by atoms with Gasteiger partial charge in [0, 0.05) is 48.8 Å². The van der Waals surface area contributed by atoms with Gasteiger partial charge in [-0.3, -0.25) is 14.4 Å². The molecule has 0 bridgehead atoms. The first-order chi connectivity index (χ1) is 26.5. The molecule has 13 heteroatoms. The van der Waals surface area contributed by atoms with Gasteiger partial charge < -0.3 is 45.7 Å². The van der Waals surface area contributed by atoms with Crippen LogP contribution in [0.2, 0.25) is 0 Å². The van der Waals surface area contributed by atoms with Crippen LogP contribution in [0.4, 0.5) is 0 Å². The molecular formula is C42H44N4O9. The molecule has 0 aliphatic carbocycles. The lowest BCUT2D eigenvalue weighted by atomic mass is 9.86. The molecule has 13 nitrogen and oxygen atoms in total. The van der Waals surface area contributed by atoms with Crippen LogP contribution in [0.3, 0.4) is 0 Å². The Kier molecular flexibility index (Phi) is 12.3. The Morgan fingerprint density at radius 2 is 1.64 bits per heavy atom. The van der Waals surface area contributed by atoms with Crippen molar-refractivity contribution in [3.8, 4) is 11.5 Å². The number of hydrogen-bond donors (Lipinski definition) is 7. The van der Waals surface area contributed by atoms with E-state index >= 15 is 0 Å².